The highest BCUT2D eigenvalue weighted by atomic mass is 16.5. The van der Waals surface area contributed by atoms with E-state index in [1.54, 1.807) is 7.11 Å². The third-order valence-electron chi connectivity index (χ3n) is 3.79. The predicted molar refractivity (Wildman–Crippen MR) is 69.8 cm³/mol. The van der Waals surface area contributed by atoms with Crippen LogP contribution in [0.4, 0.5) is 0 Å². The van der Waals surface area contributed by atoms with Gasteiger partial charge in [-0.05, 0) is 38.1 Å². The van der Waals surface area contributed by atoms with Crippen LogP contribution in [0.15, 0.2) is 0 Å². The van der Waals surface area contributed by atoms with Crippen molar-refractivity contribution in [1.29, 1.82) is 0 Å². The molecule has 0 aliphatic heterocycles. The Morgan fingerprint density at radius 3 is 2.62 bits per heavy atom. The average Bonchev–Trinajstić information content (AvgIpc) is 2.79. The zero-order valence-electron chi connectivity index (χ0n) is 11.1. The molecule has 0 radical (unpaired) electrons. The summed E-state index contributed by atoms with van der Waals surface area (Å²) in [6.45, 7) is 4.21. The van der Waals surface area contributed by atoms with Crippen molar-refractivity contribution in [2.75, 3.05) is 20.3 Å². The Morgan fingerprint density at radius 1 is 1.25 bits per heavy atom. The van der Waals surface area contributed by atoms with E-state index >= 15 is 0 Å². The highest BCUT2D eigenvalue weighted by Gasteiger charge is 2.16. The van der Waals surface area contributed by atoms with E-state index < -0.39 is 0 Å². The quantitative estimate of drug-likeness (QED) is 0.610. The fourth-order valence-corrected chi connectivity index (χ4v) is 2.85. The molecule has 1 aliphatic carbocycles. The molecule has 1 saturated carbocycles. The lowest BCUT2D eigenvalue weighted by Gasteiger charge is -2.19. The fraction of sp³-hybridized carbons (Fsp3) is 1.00. The molecule has 1 unspecified atom stereocenters. The number of methoxy groups -OCH3 is 1. The number of rotatable bonds is 9. The Kier molecular flexibility index (Phi) is 7.87. The number of ether oxygens (including phenoxy) is 1. The van der Waals surface area contributed by atoms with Gasteiger partial charge in [0.25, 0.3) is 0 Å². The van der Waals surface area contributed by atoms with Gasteiger partial charge in [0, 0.05) is 19.8 Å². The van der Waals surface area contributed by atoms with Crippen molar-refractivity contribution in [3.63, 3.8) is 0 Å². The Morgan fingerprint density at radius 2 is 2.00 bits per heavy atom. The second kappa shape index (κ2) is 9.00. The van der Waals surface area contributed by atoms with Crippen molar-refractivity contribution < 1.29 is 4.74 Å². The maximum absolute atomic E-state index is 5.12. The van der Waals surface area contributed by atoms with Crippen LogP contribution >= 0.6 is 0 Å². The summed E-state index contributed by atoms with van der Waals surface area (Å²) in [6.07, 6.45) is 11.2. The minimum absolute atomic E-state index is 0.723. The molecule has 1 rings (SSSR count). The molecule has 1 fully saturated rings. The van der Waals surface area contributed by atoms with E-state index in [-0.39, 0.29) is 0 Å². The van der Waals surface area contributed by atoms with E-state index in [1.165, 1.54) is 51.4 Å². The molecule has 0 amide bonds. The summed E-state index contributed by atoms with van der Waals surface area (Å²) < 4.78 is 5.12. The number of hydrogen-bond donors (Lipinski definition) is 1. The SMILES string of the molecule is CCNC(CCCOC)CCC1CCCC1. The molecule has 0 aromatic carbocycles. The summed E-state index contributed by atoms with van der Waals surface area (Å²) in [7, 11) is 1.79. The minimum Gasteiger partial charge on any atom is -0.385 e. The monoisotopic (exact) mass is 227 g/mol. The maximum atomic E-state index is 5.12. The van der Waals surface area contributed by atoms with E-state index in [2.05, 4.69) is 12.2 Å². The number of hydrogen-bond acceptors (Lipinski definition) is 2. The Hall–Kier alpha value is -0.0800. The zero-order chi connectivity index (χ0) is 11.6. The van der Waals surface area contributed by atoms with Gasteiger partial charge in [0.2, 0.25) is 0 Å². The Labute approximate surface area is 101 Å². The van der Waals surface area contributed by atoms with Crippen molar-refractivity contribution in [2.45, 2.75) is 64.3 Å². The first-order valence-corrected chi connectivity index (χ1v) is 7.09. The second-order valence-electron chi connectivity index (χ2n) is 5.12. The van der Waals surface area contributed by atoms with Crippen LogP contribution in [-0.4, -0.2) is 26.3 Å². The van der Waals surface area contributed by atoms with Gasteiger partial charge >= 0.3 is 0 Å². The molecular weight excluding hydrogens is 198 g/mol. The molecule has 0 saturated heterocycles. The molecule has 0 aromatic rings. The third-order valence-corrected chi connectivity index (χ3v) is 3.79. The topological polar surface area (TPSA) is 21.3 Å². The third kappa shape index (κ3) is 5.86. The summed E-state index contributed by atoms with van der Waals surface area (Å²) in [4.78, 5) is 0. The molecule has 0 heterocycles. The molecule has 16 heavy (non-hydrogen) atoms. The van der Waals surface area contributed by atoms with E-state index in [1.807, 2.05) is 0 Å². The largest absolute Gasteiger partial charge is 0.385 e. The lowest BCUT2D eigenvalue weighted by Crippen LogP contribution is -2.29. The first-order valence-electron chi connectivity index (χ1n) is 7.09. The average molecular weight is 227 g/mol. The van der Waals surface area contributed by atoms with Gasteiger partial charge in [0.1, 0.15) is 0 Å². The number of nitrogens with one attached hydrogen (secondary N) is 1. The van der Waals surface area contributed by atoms with Crippen molar-refractivity contribution in [3.05, 3.63) is 0 Å². The lowest BCUT2D eigenvalue weighted by atomic mass is 9.96. The summed E-state index contributed by atoms with van der Waals surface area (Å²) in [5.74, 6) is 1.03. The van der Waals surface area contributed by atoms with Crippen LogP contribution < -0.4 is 5.32 Å². The first-order chi connectivity index (χ1) is 7.86. The molecule has 2 heteroatoms. The molecular formula is C14H29NO. The van der Waals surface area contributed by atoms with Crippen LogP contribution in [0.2, 0.25) is 0 Å². The lowest BCUT2D eigenvalue weighted by molar-refractivity contribution is 0.187. The summed E-state index contributed by atoms with van der Waals surface area (Å²) in [6, 6.07) is 0.723. The summed E-state index contributed by atoms with van der Waals surface area (Å²) in [5.41, 5.74) is 0. The van der Waals surface area contributed by atoms with E-state index in [9.17, 15) is 0 Å². The van der Waals surface area contributed by atoms with Crippen LogP contribution in [-0.2, 0) is 4.74 Å². The van der Waals surface area contributed by atoms with Crippen molar-refractivity contribution in [1.82, 2.24) is 5.32 Å². The molecule has 2 nitrogen and oxygen atoms in total. The smallest absolute Gasteiger partial charge is 0.0462 e. The zero-order valence-corrected chi connectivity index (χ0v) is 11.1. The van der Waals surface area contributed by atoms with Gasteiger partial charge in [-0.1, -0.05) is 32.6 Å². The normalized spacial score (nSPS) is 19.1. The summed E-state index contributed by atoms with van der Waals surface area (Å²) >= 11 is 0. The standard InChI is InChI=1S/C14H29NO/c1-3-15-14(9-6-12-16-2)11-10-13-7-4-5-8-13/h13-15H,3-12H2,1-2H3. The van der Waals surface area contributed by atoms with E-state index in [4.69, 9.17) is 4.74 Å². The van der Waals surface area contributed by atoms with Gasteiger partial charge in [0.15, 0.2) is 0 Å². The minimum atomic E-state index is 0.723. The van der Waals surface area contributed by atoms with Crippen molar-refractivity contribution >= 4 is 0 Å². The van der Waals surface area contributed by atoms with Gasteiger partial charge < -0.3 is 10.1 Å². The van der Waals surface area contributed by atoms with Crippen molar-refractivity contribution in [3.8, 4) is 0 Å². The molecule has 1 aliphatic rings. The van der Waals surface area contributed by atoms with Crippen LogP contribution in [0.3, 0.4) is 0 Å². The van der Waals surface area contributed by atoms with Crippen molar-refractivity contribution in [2.24, 2.45) is 5.92 Å². The molecule has 0 bridgehead atoms. The summed E-state index contributed by atoms with van der Waals surface area (Å²) in [5, 5.41) is 3.61. The predicted octanol–water partition coefficient (Wildman–Crippen LogP) is 3.36. The molecule has 96 valence electrons. The molecule has 1 atom stereocenters. The van der Waals surface area contributed by atoms with Gasteiger partial charge in [-0.15, -0.1) is 0 Å². The Balaban J connectivity index is 2.10. The van der Waals surface area contributed by atoms with Gasteiger partial charge in [0.05, 0.1) is 0 Å². The molecule has 1 N–H and O–H groups in total. The maximum Gasteiger partial charge on any atom is 0.0462 e. The fourth-order valence-electron chi connectivity index (χ4n) is 2.85. The van der Waals surface area contributed by atoms with Crippen LogP contribution in [0, 0.1) is 5.92 Å². The molecule has 0 aromatic heterocycles. The first kappa shape index (κ1) is 14.0. The second-order valence-corrected chi connectivity index (χ2v) is 5.12. The van der Waals surface area contributed by atoms with Crippen LogP contribution in [0.1, 0.15) is 58.3 Å². The van der Waals surface area contributed by atoms with Gasteiger partial charge in [-0.3, -0.25) is 0 Å². The molecule has 0 spiro atoms. The van der Waals surface area contributed by atoms with E-state index in [0.29, 0.717) is 0 Å². The highest BCUT2D eigenvalue weighted by molar-refractivity contribution is 4.72. The highest BCUT2D eigenvalue weighted by Crippen LogP contribution is 2.29. The van der Waals surface area contributed by atoms with Crippen LogP contribution in [0.5, 0.6) is 0 Å². The van der Waals surface area contributed by atoms with Gasteiger partial charge in [-0.2, -0.15) is 0 Å². The van der Waals surface area contributed by atoms with E-state index in [0.717, 1.165) is 25.1 Å². The van der Waals surface area contributed by atoms with Gasteiger partial charge in [-0.25, -0.2) is 0 Å². The Bertz CT molecular complexity index is 155. The van der Waals surface area contributed by atoms with Crippen LogP contribution in [0.25, 0.3) is 0 Å².